The molecule has 1 aliphatic rings. The molecule has 0 spiro atoms. The average molecular weight is 1150 g/mol. The lowest BCUT2D eigenvalue weighted by Gasteiger charge is -2.46. The van der Waals surface area contributed by atoms with Crippen LogP contribution in [-0.4, -0.2) is 88.0 Å². The Kier molecular flexibility index (Phi) is 44.9. The topological polar surface area (TPSA) is 136 Å². The van der Waals surface area contributed by atoms with Gasteiger partial charge in [0.1, 0.15) is 0 Å². The number of hydrogen-bond donors (Lipinski definition) is 1. The van der Waals surface area contributed by atoms with E-state index in [9.17, 15) is 19.2 Å². The molecule has 1 heterocycles. The summed E-state index contributed by atoms with van der Waals surface area (Å²) in [7, 11) is -2.21. The molecule has 472 valence electrons. The maximum atomic E-state index is 14.0. The number of nitrogens with one attached hydrogen (secondary N) is 1. The smallest absolute Gasteiger partial charge is 0.320 e. The molecule has 1 saturated heterocycles. The van der Waals surface area contributed by atoms with Gasteiger partial charge in [0.15, 0.2) is 20.2 Å². The van der Waals surface area contributed by atoms with E-state index in [0.717, 1.165) is 57.8 Å². The molecule has 0 amide bonds. The molecule has 0 bridgehead atoms. The van der Waals surface area contributed by atoms with Crippen molar-refractivity contribution < 1.29 is 47.3 Å². The van der Waals surface area contributed by atoms with Crippen molar-refractivity contribution in [1.82, 2.24) is 5.32 Å². The van der Waals surface area contributed by atoms with Crippen LogP contribution >= 0.6 is 0 Å². The Morgan fingerprint density at radius 3 is 1.00 bits per heavy atom. The Bertz CT molecular complexity index is 1450. The van der Waals surface area contributed by atoms with Gasteiger partial charge >= 0.3 is 23.9 Å². The predicted molar refractivity (Wildman–Crippen MR) is 336 cm³/mol. The van der Waals surface area contributed by atoms with Gasteiger partial charge in [0.05, 0.1) is 38.1 Å². The second kappa shape index (κ2) is 47.2. The maximum Gasteiger partial charge on any atom is 0.320 e. The van der Waals surface area contributed by atoms with E-state index >= 15 is 0 Å². The molecule has 1 fully saturated rings. The van der Waals surface area contributed by atoms with Crippen LogP contribution in [0.15, 0.2) is 0 Å². The van der Waals surface area contributed by atoms with Crippen molar-refractivity contribution in [3.8, 4) is 0 Å². The fourth-order valence-electron chi connectivity index (χ4n) is 12.4. The molecule has 0 aromatic carbocycles. The molecule has 80 heavy (non-hydrogen) atoms. The summed E-state index contributed by atoms with van der Waals surface area (Å²) >= 11 is 0. The summed E-state index contributed by atoms with van der Waals surface area (Å²) in [5, 5.41) is 3.76. The van der Waals surface area contributed by atoms with Gasteiger partial charge in [0, 0.05) is 17.7 Å². The van der Waals surface area contributed by atoms with Crippen molar-refractivity contribution in [2.24, 2.45) is 11.8 Å². The standard InChI is InChI=1S/C68H131NO10Si/c1-12-16-18-20-22-24-26-28-30-32-34-36-38-40-42-44-54-77-64(72)61(65(73)78-55-45-43-41-39-37-35-33-31-29-27-25-23-21-19-17-13-2)50-47-52-68(79-80(9,10)11,51-46-49-60(62(70)74-14-3)63(71)75-15-4)53-48-56-76-59-57-66(5,6)69-67(7,8)58-59/h59-61,69H,12-58H2,1-11H3. The summed E-state index contributed by atoms with van der Waals surface area (Å²) in [5.74, 6) is -4.16. The first-order valence-electron chi connectivity index (χ1n) is 34.1. The van der Waals surface area contributed by atoms with Gasteiger partial charge < -0.3 is 33.4 Å². The summed E-state index contributed by atoms with van der Waals surface area (Å²) in [6, 6.07) is 0. The molecule has 1 N–H and O–H groups in total. The Labute approximate surface area is 495 Å². The fraction of sp³-hybridized carbons (Fsp3) is 0.941. The number of unbranched alkanes of at least 4 members (excludes halogenated alkanes) is 30. The predicted octanol–water partition coefficient (Wildman–Crippen LogP) is 19.0. The fourth-order valence-corrected chi connectivity index (χ4v) is 14.0. The molecule has 1 atom stereocenters. The normalized spacial score (nSPS) is 15.3. The van der Waals surface area contributed by atoms with Crippen LogP contribution in [0, 0.1) is 11.8 Å². The molecule has 0 aromatic heterocycles. The Morgan fingerprint density at radius 2 is 0.700 bits per heavy atom. The van der Waals surface area contributed by atoms with Gasteiger partial charge in [-0.2, -0.15) is 0 Å². The second-order valence-corrected chi connectivity index (χ2v) is 31.1. The maximum absolute atomic E-state index is 14.0. The highest BCUT2D eigenvalue weighted by Crippen LogP contribution is 2.37. The van der Waals surface area contributed by atoms with Gasteiger partial charge in [-0.15, -0.1) is 0 Å². The van der Waals surface area contributed by atoms with Crippen molar-refractivity contribution in [2.45, 2.75) is 367 Å². The lowest BCUT2D eigenvalue weighted by molar-refractivity contribution is -0.164. The number of rotatable bonds is 55. The van der Waals surface area contributed by atoms with Crippen molar-refractivity contribution in [3.63, 3.8) is 0 Å². The first-order chi connectivity index (χ1) is 38.3. The van der Waals surface area contributed by atoms with E-state index < -0.39 is 49.6 Å². The third-order valence-electron chi connectivity index (χ3n) is 16.3. The van der Waals surface area contributed by atoms with Crippen molar-refractivity contribution in [1.29, 1.82) is 0 Å². The molecule has 0 radical (unpaired) electrons. The first-order valence-corrected chi connectivity index (χ1v) is 37.5. The van der Waals surface area contributed by atoms with E-state index in [2.05, 4.69) is 66.5 Å². The van der Waals surface area contributed by atoms with Crippen LogP contribution < -0.4 is 5.32 Å². The van der Waals surface area contributed by atoms with Crippen LogP contribution in [0.25, 0.3) is 0 Å². The minimum atomic E-state index is -2.21. The molecule has 1 aliphatic heterocycles. The van der Waals surface area contributed by atoms with E-state index in [1.807, 2.05) is 0 Å². The van der Waals surface area contributed by atoms with Crippen LogP contribution in [0.2, 0.25) is 19.6 Å². The number of ether oxygens (including phenoxy) is 5. The Hall–Kier alpha value is -2.02. The highest BCUT2D eigenvalue weighted by atomic mass is 28.4. The van der Waals surface area contributed by atoms with Gasteiger partial charge in [0.25, 0.3) is 0 Å². The third-order valence-corrected chi connectivity index (χ3v) is 17.3. The van der Waals surface area contributed by atoms with Gasteiger partial charge in [-0.25, -0.2) is 0 Å². The van der Waals surface area contributed by atoms with Crippen LogP contribution in [0.5, 0.6) is 0 Å². The highest BCUT2D eigenvalue weighted by Gasteiger charge is 2.40. The van der Waals surface area contributed by atoms with Gasteiger partial charge in [-0.1, -0.05) is 206 Å². The molecular formula is C68H131NO10Si. The zero-order chi connectivity index (χ0) is 59.2. The highest BCUT2D eigenvalue weighted by molar-refractivity contribution is 6.69. The minimum Gasteiger partial charge on any atom is -0.465 e. The zero-order valence-electron chi connectivity index (χ0n) is 54.5. The van der Waals surface area contributed by atoms with Crippen molar-refractivity contribution in [3.05, 3.63) is 0 Å². The monoisotopic (exact) mass is 1150 g/mol. The average Bonchev–Trinajstić information content (AvgIpc) is 3.38. The van der Waals surface area contributed by atoms with Crippen LogP contribution in [0.4, 0.5) is 0 Å². The molecule has 0 aliphatic carbocycles. The van der Waals surface area contributed by atoms with E-state index in [-0.39, 0.29) is 43.2 Å². The SMILES string of the molecule is CCCCCCCCCCCCCCCCCCOC(=O)C(CCCC(CCCOC1CC(C)(C)NC(C)(C)C1)(CCCC(C(=O)OCC)C(=O)OCC)O[Si](C)(C)C)C(=O)OCCCCCCCCCCCCCCCCCC. The number of hydrogen-bond acceptors (Lipinski definition) is 11. The van der Waals surface area contributed by atoms with Crippen LogP contribution in [0.3, 0.4) is 0 Å². The molecule has 1 rings (SSSR count). The Morgan fingerprint density at radius 1 is 0.412 bits per heavy atom. The summed E-state index contributed by atoms with van der Waals surface area (Å²) in [6.07, 6.45) is 46.9. The number of carbonyl (C=O) groups excluding carboxylic acids is 4. The van der Waals surface area contributed by atoms with Crippen molar-refractivity contribution in [2.75, 3.05) is 33.0 Å². The Balaban J connectivity index is 3.02. The largest absolute Gasteiger partial charge is 0.465 e. The molecule has 11 nitrogen and oxygen atoms in total. The van der Waals surface area contributed by atoms with E-state index in [1.54, 1.807) is 13.8 Å². The first kappa shape index (κ1) is 76.0. The lowest BCUT2D eigenvalue weighted by Crippen LogP contribution is -2.59. The van der Waals surface area contributed by atoms with Gasteiger partial charge in [0.2, 0.25) is 0 Å². The third kappa shape index (κ3) is 41.1. The van der Waals surface area contributed by atoms with Gasteiger partial charge in [-0.3, -0.25) is 19.2 Å². The number of esters is 4. The van der Waals surface area contributed by atoms with E-state index in [1.165, 1.54) is 167 Å². The molecule has 12 heteroatoms. The quantitative estimate of drug-likeness (QED) is 0.0205. The minimum absolute atomic E-state index is 0.0399. The summed E-state index contributed by atoms with van der Waals surface area (Å²) < 4.78 is 36.4. The van der Waals surface area contributed by atoms with E-state index in [4.69, 9.17) is 28.1 Å². The lowest BCUT2D eigenvalue weighted by atomic mass is 9.81. The zero-order valence-corrected chi connectivity index (χ0v) is 55.5. The molecule has 0 saturated carbocycles. The van der Waals surface area contributed by atoms with E-state index in [0.29, 0.717) is 51.9 Å². The number of carbonyl (C=O) groups is 4. The molecular weight excluding hydrogens is 1020 g/mol. The number of piperidine rings is 1. The van der Waals surface area contributed by atoms with Gasteiger partial charge in [-0.05, 0) is 138 Å². The summed E-state index contributed by atoms with van der Waals surface area (Å²) in [6.45, 7) is 25.1. The van der Waals surface area contributed by atoms with Crippen molar-refractivity contribution >= 4 is 32.2 Å². The molecule has 0 aromatic rings. The summed E-state index contributed by atoms with van der Waals surface area (Å²) in [4.78, 5) is 54.1. The summed E-state index contributed by atoms with van der Waals surface area (Å²) in [5.41, 5.74) is -0.725. The second-order valence-electron chi connectivity index (χ2n) is 26.6. The van der Waals surface area contributed by atoms with Crippen LogP contribution in [0.1, 0.15) is 325 Å². The van der Waals surface area contributed by atoms with Crippen LogP contribution in [-0.2, 0) is 47.3 Å². The molecule has 1 unspecified atom stereocenters.